The fourth-order valence-electron chi connectivity index (χ4n) is 5.35. The number of rotatable bonds is 4. The molecule has 0 saturated heterocycles. The molecule has 0 aliphatic heterocycles. The maximum atomic E-state index is 4.00. The van der Waals surface area contributed by atoms with Crippen LogP contribution >= 0.6 is 0 Å². The fraction of sp³-hybridized carbons (Fsp3) is 0.800. The van der Waals surface area contributed by atoms with Gasteiger partial charge in [0.1, 0.15) is 0 Å². The van der Waals surface area contributed by atoms with Crippen molar-refractivity contribution in [2.24, 2.45) is 23.2 Å². The van der Waals surface area contributed by atoms with Crippen molar-refractivity contribution in [1.82, 2.24) is 15.5 Å². The number of hydrogen-bond acceptors (Lipinski definition) is 2. The molecule has 5 rings (SSSR count). The van der Waals surface area contributed by atoms with E-state index in [-0.39, 0.29) is 0 Å². The van der Waals surface area contributed by atoms with E-state index in [0.29, 0.717) is 5.41 Å². The zero-order valence-electron chi connectivity index (χ0n) is 11.0. The van der Waals surface area contributed by atoms with Crippen molar-refractivity contribution in [3.8, 4) is 0 Å². The number of hydrogen-bond donors (Lipinski definition) is 2. The van der Waals surface area contributed by atoms with Crippen LogP contribution in [0.1, 0.15) is 44.2 Å². The molecule has 18 heavy (non-hydrogen) atoms. The van der Waals surface area contributed by atoms with Crippen LogP contribution in [0.25, 0.3) is 0 Å². The predicted octanol–water partition coefficient (Wildman–Crippen LogP) is 2.72. The fourth-order valence-corrected chi connectivity index (χ4v) is 5.35. The van der Waals surface area contributed by atoms with Crippen molar-refractivity contribution in [2.75, 3.05) is 6.54 Å². The molecule has 2 N–H and O–H groups in total. The second-order valence-electron chi connectivity index (χ2n) is 7.10. The highest BCUT2D eigenvalue weighted by Crippen LogP contribution is 2.59. The van der Waals surface area contributed by atoms with E-state index in [1.54, 1.807) is 19.3 Å². The van der Waals surface area contributed by atoms with Crippen LogP contribution in [0.3, 0.4) is 0 Å². The van der Waals surface area contributed by atoms with Gasteiger partial charge in [-0.2, -0.15) is 5.10 Å². The van der Waals surface area contributed by atoms with E-state index in [1.807, 2.05) is 6.20 Å². The first-order valence-electron chi connectivity index (χ1n) is 7.50. The summed E-state index contributed by atoms with van der Waals surface area (Å²) in [7, 11) is 0. The van der Waals surface area contributed by atoms with Crippen LogP contribution < -0.4 is 5.32 Å². The van der Waals surface area contributed by atoms with E-state index in [1.165, 1.54) is 31.5 Å². The minimum Gasteiger partial charge on any atom is -0.311 e. The molecule has 4 fully saturated rings. The monoisotopic (exact) mass is 245 g/mol. The maximum Gasteiger partial charge on any atom is 0.0490 e. The van der Waals surface area contributed by atoms with Gasteiger partial charge in [0.2, 0.25) is 0 Å². The lowest BCUT2D eigenvalue weighted by atomic mass is 9.49. The number of aromatic amines is 1. The molecule has 0 unspecified atom stereocenters. The summed E-state index contributed by atoms with van der Waals surface area (Å²) in [5, 5.41) is 10.7. The third kappa shape index (κ3) is 1.89. The van der Waals surface area contributed by atoms with Crippen molar-refractivity contribution in [3.05, 3.63) is 18.0 Å². The molecule has 1 heterocycles. The molecular formula is C15H23N3. The highest BCUT2D eigenvalue weighted by Gasteiger charge is 2.50. The van der Waals surface area contributed by atoms with Gasteiger partial charge in [0.25, 0.3) is 0 Å². The van der Waals surface area contributed by atoms with Crippen LogP contribution in [-0.4, -0.2) is 16.7 Å². The molecule has 98 valence electrons. The largest absolute Gasteiger partial charge is 0.311 e. The lowest BCUT2D eigenvalue weighted by Crippen LogP contribution is -2.50. The predicted molar refractivity (Wildman–Crippen MR) is 70.9 cm³/mol. The number of nitrogens with one attached hydrogen (secondary N) is 2. The number of aromatic nitrogens is 2. The molecule has 4 bridgehead atoms. The molecule has 0 spiro atoms. The van der Waals surface area contributed by atoms with Gasteiger partial charge in [-0.05, 0) is 67.8 Å². The van der Waals surface area contributed by atoms with E-state index in [0.717, 1.165) is 24.3 Å². The van der Waals surface area contributed by atoms with Gasteiger partial charge in [-0.1, -0.05) is 0 Å². The summed E-state index contributed by atoms with van der Waals surface area (Å²) in [6, 6.07) is 2.06. The topological polar surface area (TPSA) is 40.7 Å². The average molecular weight is 245 g/mol. The van der Waals surface area contributed by atoms with Gasteiger partial charge in [-0.15, -0.1) is 0 Å². The zero-order chi connectivity index (χ0) is 12.0. The molecule has 0 atom stereocenters. The van der Waals surface area contributed by atoms with E-state index in [4.69, 9.17) is 0 Å². The van der Waals surface area contributed by atoms with Crippen LogP contribution in [0.2, 0.25) is 0 Å². The lowest BCUT2D eigenvalue weighted by Gasteiger charge is -2.57. The first-order valence-corrected chi connectivity index (χ1v) is 7.50. The summed E-state index contributed by atoms with van der Waals surface area (Å²) in [6.45, 7) is 2.16. The normalized spacial score (nSPS) is 41.4. The van der Waals surface area contributed by atoms with Crippen molar-refractivity contribution >= 4 is 0 Å². The van der Waals surface area contributed by atoms with Crippen LogP contribution in [0.5, 0.6) is 0 Å². The van der Waals surface area contributed by atoms with Crippen LogP contribution in [0.15, 0.2) is 12.3 Å². The Morgan fingerprint density at radius 2 is 1.83 bits per heavy atom. The van der Waals surface area contributed by atoms with E-state index < -0.39 is 0 Å². The summed E-state index contributed by atoms with van der Waals surface area (Å²) in [5.41, 5.74) is 1.86. The summed E-state index contributed by atoms with van der Waals surface area (Å²) in [5.74, 6) is 3.18. The van der Waals surface area contributed by atoms with Gasteiger partial charge in [0, 0.05) is 25.0 Å². The Hall–Kier alpha value is -0.830. The second-order valence-corrected chi connectivity index (χ2v) is 7.10. The molecule has 3 heteroatoms. The Bertz CT molecular complexity index is 374. The molecule has 3 nitrogen and oxygen atoms in total. The van der Waals surface area contributed by atoms with E-state index in [9.17, 15) is 0 Å². The van der Waals surface area contributed by atoms with Gasteiger partial charge in [-0.3, -0.25) is 5.10 Å². The quantitative estimate of drug-likeness (QED) is 0.856. The van der Waals surface area contributed by atoms with E-state index >= 15 is 0 Å². The van der Waals surface area contributed by atoms with Crippen molar-refractivity contribution < 1.29 is 0 Å². The smallest absolute Gasteiger partial charge is 0.0490 e. The molecule has 4 aliphatic rings. The Morgan fingerprint density at radius 3 is 2.39 bits per heavy atom. The molecule has 1 aromatic rings. The number of nitrogens with zero attached hydrogens (tertiary/aromatic N) is 1. The highest BCUT2D eigenvalue weighted by atomic mass is 15.1. The first kappa shape index (κ1) is 11.0. The average Bonchev–Trinajstić information content (AvgIpc) is 2.79. The van der Waals surface area contributed by atoms with Gasteiger partial charge < -0.3 is 5.32 Å². The van der Waals surface area contributed by atoms with Crippen LogP contribution in [0.4, 0.5) is 0 Å². The SMILES string of the molecule is c1cc(CNCC23CC4CC(CC(C4)C2)C3)[nH]n1. The summed E-state index contributed by atoms with van der Waals surface area (Å²) < 4.78 is 0. The highest BCUT2D eigenvalue weighted by molar-refractivity contribution is 5.03. The van der Waals surface area contributed by atoms with Gasteiger partial charge >= 0.3 is 0 Å². The molecule has 1 aromatic heterocycles. The lowest BCUT2D eigenvalue weighted by molar-refractivity contribution is -0.0514. The Labute approximate surface area is 109 Å². The van der Waals surface area contributed by atoms with Gasteiger partial charge in [0.15, 0.2) is 0 Å². The summed E-state index contributed by atoms with van der Waals surface area (Å²) in [4.78, 5) is 0. The third-order valence-electron chi connectivity index (χ3n) is 5.54. The minimum absolute atomic E-state index is 0.648. The van der Waals surface area contributed by atoms with Crippen LogP contribution in [0, 0.1) is 23.2 Å². The van der Waals surface area contributed by atoms with Crippen LogP contribution in [-0.2, 0) is 6.54 Å². The van der Waals surface area contributed by atoms with E-state index in [2.05, 4.69) is 21.6 Å². The third-order valence-corrected chi connectivity index (χ3v) is 5.54. The molecule has 0 aromatic carbocycles. The molecule has 4 aliphatic carbocycles. The zero-order valence-corrected chi connectivity index (χ0v) is 11.0. The van der Waals surface area contributed by atoms with Crippen molar-refractivity contribution in [1.29, 1.82) is 0 Å². The first-order chi connectivity index (χ1) is 8.81. The Kier molecular flexibility index (Phi) is 2.51. The molecule has 0 amide bonds. The maximum absolute atomic E-state index is 4.00. The molecule has 0 radical (unpaired) electrons. The van der Waals surface area contributed by atoms with Gasteiger partial charge in [-0.25, -0.2) is 0 Å². The molecular weight excluding hydrogens is 222 g/mol. The summed E-state index contributed by atoms with van der Waals surface area (Å²) in [6.07, 6.45) is 10.9. The van der Waals surface area contributed by atoms with Crippen molar-refractivity contribution in [3.63, 3.8) is 0 Å². The Morgan fingerprint density at radius 1 is 1.17 bits per heavy atom. The Balaban J connectivity index is 1.39. The van der Waals surface area contributed by atoms with Gasteiger partial charge in [0.05, 0.1) is 0 Å². The standard InChI is InChI=1S/C15H23N3/c1-2-17-18-14(1)9-16-10-15-6-11-3-12(7-15)5-13(4-11)8-15/h1-2,11-13,16H,3-10H2,(H,17,18). The molecule has 4 saturated carbocycles. The van der Waals surface area contributed by atoms with Crippen molar-refractivity contribution in [2.45, 2.75) is 45.1 Å². The minimum atomic E-state index is 0.648. The summed E-state index contributed by atoms with van der Waals surface area (Å²) >= 11 is 0. The second kappa shape index (κ2) is 4.09. The number of H-pyrrole nitrogens is 1.